The summed E-state index contributed by atoms with van der Waals surface area (Å²) in [6, 6.07) is 12.6. The number of aromatic hydroxyl groups is 1. The lowest BCUT2D eigenvalue weighted by molar-refractivity contribution is 0.466. The van der Waals surface area contributed by atoms with Gasteiger partial charge in [0, 0.05) is 25.1 Å². The van der Waals surface area contributed by atoms with E-state index in [9.17, 15) is 9.50 Å². The van der Waals surface area contributed by atoms with Crippen molar-refractivity contribution in [3.05, 3.63) is 65.0 Å². The maximum atomic E-state index is 13.1. The lowest BCUT2D eigenvalue weighted by atomic mass is 9.77. The molecule has 98 valence electrons. The third-order valence-corrected chi connectivity index (χ3v) is 3.62. The van der Waals surface area contributed by atoms with Crippen LogP contribution >= 0.6 is 0 Å². The molecule has 3 rings (SSSR count). The third kappa shape index (κ3) is 2.61. The summed E-state index contributed by atoms with van der Waals surface area (Å²) in [6.07, 6.45) is 1.11. The Labute approximate surface area is 111 Å². The van der Waals surface area contributed by atoms with Gasteiger partial charge in [0.1, 0.15) is 11.6 Å². The van der Waals surface area contributed by atoms with Gasteiger partial charge in [-0.3, -0.25) is 0 Å². The highest BCUT2D eigenvalue weighted by atomic mass is 19.1. The predicted octanol–water partition coefficient (Wildman–Crippen LogP) is 2.96. The van der Waals surface area contributed by atoms with E-state index in [-0.39, 0.29) is 5.75 Å². The number of rotatable bonds is 4. The number of hydrogen-bond donors (Lipinski definition) is 2. The van der Waals surface area contributed by atoms with Crippen LogP contribution in [-0.2, 0) is 13.0 Å². The van der Waals surface area contributed by atoms with Crippen LogP contribution in [0.4, 0.5) is 4.39 Å². The van der Waals surface area contributed by atoms with Gasteiger partial charge in [0.15, 0.2) is 0 Å². The lowest BCUT2D eigenvalue weighted by Crippen LogP contribution is -2.28. The van der Waals surface area contributed by atoms with Crippen molar-refractivity contribution in [2.45, 2.75) is 18.9 Å². The molecule has 0 aromatic heterocycles. The second-order valence-corrected chi connectivity index (χ2v) is 5.05. The minimum atomic E-state index is -0.397. The van der Waals surface area contributed by atoms with E-state index in [0.29, 0.717) is 12.5 Å². The van der Waals surface area contributed by atoms with E-state index in [0.717, 1.165) is 24.6 Å². The normalized spacial score (nSPS) is 16.8. The van der Waals surface area contributed by atoms with Gasteiger partial charge in [0.25, 0.3) is 0 Å². The van der Waals surface area contributed by atoms with Gasteiger partial charge in [-0.2, -0.15) is 0 Å². The van der Waals surface area contributed by atoms with Gasteiger partial charge in [-0.25, -0.2) is 4.39 Å². The third-order valence-electron chi connectivity index (χ3n) is 3.62. The first-order valence-electron chi connectivity index (χ1n) is 6.49. The second-order valence-electron chi connectivity index (χ2n) is 5.05. The monoisotopic (exact) mass is 257 g/mol. The summed E-state index contributed by atoms with van der Waals surface area (Å²) in [5.74, 6) is 0.134. The van der Waals surface area contributed by atoms with E-state index in [1.165, 1.54) is 17.2 Å². The molecule has 0 amide bonds. The van der Waals surface area contributed by atoms with Crippen molar-refractivity contribution in [1.82, 2.24) is 5.32 Å². The standard InChI is InChI=1S/C16H16FNO/c17-14-5-11(6-15(19)8-14)9-18-10-13-7-12-3-1-2-4-16(12)13/h1-6,8,13,18-19H,7,9-10H2. The van der Waals surface area contributed by atoms with Crippen LogP contribution in [0, 0.1) is 5.82 Å². The van der Waals surface area contributed by atoms with Gasteiger partial charge >= 0.3 is 0 Å². The number of phenols is 1. The topological polar surface area (TPSA) is 32.3 Å². The quantitative estimate of drug-likeness (QED) is 0.882. The van der Waals surface area contributed by atoms with Crippen LogP contribution in [0.25, 0.3) is 0 Å². The summed E-state index contributed by atoms with van der Waals surface area (Å²) in [4.78, 5) is 0. The van der Waals surface area contributed by atoms with Crippen molar-refractivity contribution in [1.29, 1.82) is 0 Å². The molecule has 0 radical (unpaired) electrons. The Bertz CT molecular complexity index is 577. The highest BCUT2D eigenvalue weighted by Crippen LogP contribution is 2.34. The van der Waals surface area contributed by atoms with E-state index in [1.54, 1.807) is 6.07 Å². The molecule has 0 saturated carbocycles. The van der Waals surface area contributed by atoms with Crippen LogP contribution < -0.4 is 5.32 Å². The van der Waals surface area contributed by atoms with Gasteiger partial charge in [0.05, 0.1) is 0 Å². The van der Waals surface area contributed by atoms with Crippen molar-refractivity contribution in [3.63, 3.8) is 0 Å². The maximum Gasteiger partial charge on any atom is 0.127 e. The molecule has 19 heavy (non-hydrogen) atoms. The van der Waals surface area contributed by atoms with Gasteiger partial charge in [-0.15, -0.1) is 0 Å². The Morgan fingerprint density at radius 1 is 1.21 bits per heavy atom. The number of phenolic OH excluding ortho intramolecular Hbond substituents is 1. The zero-order valence-corrected chi connectivity index (χ0v) is 10.6. The summed E-state index contributed by atoms with van der Waals surface area (Å²) < 4.78 is 13.1. The first-order valence-corrected chi connectivity index (χ1v) is 6.49. The van der Waals surface area contributed by atoms with Crippen molar-refractivity contribution in [3.8, 4) is 5.75 Å². The van der Waals surface area contributed by atoms with Gasteiger partial charge in [-0.1, -0.05) is 24.3 Å². The molecule has 1 unspecified atom stereocenters. The Kier molecular flexibility index (Phi) is 3.22. The zero-order chi connectivity index (χ0) is 13.2. The van der Waals surface area contributed by atoms with Crippen LogP contribution in [0.3, 0.4) is 0 Å². The maximum absolute atomic E-state index is 13.1. The van der Waals surface area contributed by atoms with Crippen molar-refractivity contribution in [2.24, 2.45) is 0 Å². The average molecular weight is 257 g/mol. The SMILES string of the molecule is Oc1cc(F)cc(CNCC2Cc3ccccc32)c1. The molecular formula is C16H16FNO. The number of fused-ring (bicyclic) bond motifs is 1. The van der Waals surface area contributed by atoms with Crippen LogP contribution in [-0.4, -0.2) is 11.7 Å². The Hall–Kier alpha value is -1.87. The minimum Gasteiger partial charge on any atom is -0.508 e. The van der Waals surface area contributed by atoms with Gasteiger partial charge in [-0.05, 0) is 35.2 Å². The fourth-order valence-electron chi connectivity index (χ4n) is 2.67. The molecule has 2 aromatic carbocycles. The summed E-state index contributed by atoms with van der Waals surface area (Å²) in [7, 11) is 0. The Balaban J connectivity index is 1.55. The fraction of sp³-hybridized carbons (Fsp3) is 0.250. The number of benzene rings is 2. The van der Waals surface area contributed by atoms with E-state index >= 15 is 0 Å². The van der Waals surface area contributed by atoms with Crippen molar-refractivity contribution in [2.75, 3.05) is 6.54 Å². The first kappa shape index (κ1) is 12.2. The van der Waals surface area contributed by atoms with E-state index in [4.69, 9.17) is 0 Å². The smallest absolute Gasteiger partial charge is 0.127 e. The zero-order valence-electron chi connectivity index (χ0n) is 10.6. The summed E-state index contributed by atoms with van der Waals surface area (Å²) in [5, 5.41) is 12.6. The Morgan fingerprint density at radius 2 is 2.05 bits per heavy atom. The van der Waals surface area contributed by atoms with Crippen LogP contribution in [0.1, 0.15) is 22.6 Å². The van der Waals surface area contributed by atoms with Crippen LogP contribution in [0.5, 0.6) is 5.75 Å². The molecule has 1 aliphatic carbocycles. The molecule has 0 fully saturated rings. The predicted molar refractivity (Wildman–Crippen MR) is 72.7 cm³/mol. The molecule has 1 atom stereocenters. The van der Waals surface area contributed by atoms with Gasteiger partial charge < -0.3 is 10.4 Å². The molecule has 2 aromatic rings. The lowest BCUT2D eigenvalue weighted by Gasteiger charge is -2.30. The minimum absolute atomic E-state index is 0.0224. The van der Waals surface area contributed by atoms with Gasteiger partial charge in [0.2, 0.25) is 0 Å². The second kappa shape index (κ2) is 5.02. The molecule has 0 heterocycles. The number of halogens is 1. The Morgan fingerprint density at radius 3 is 2.84 bits per heavy atom. The molecule has 1 aliphatic rings. The molecule has 0 saturated heterocycles. The molecule has 2 N–H and O–H groups in total. The molecule has 0 spiro atoms. The molecule has 3 heteroatoms. The summed E-state index contributed by atoms with van der Waals surface area (Å²) >= 11 is 0. The van der Waals surface area contributed by atoms with E-state index < -0.39 is 5.82 Å². The van der Waals surface area contributed by atoms with Crippen LogP contribution in [0.2, 0.25) is 0 Å². The first-order chi connectivity index (χ1) is 9.22. The van der Waals surface area contributed by atoms with E-state index in [2.05, 4.69) is 29.6 Å². The highest BCUT2D eigenvalue weighted by Gasteiger charge is 2.24. The number of nitrogens with one attached hydrogen (secondary N) is 1. The molecule has 2 nitrogen and oxygen atoms in total. The van der Waals surface area contributed by atoms with Crippen LogP contribution in [0.15, 0.2) is 42.5 Å². The van der Waals surface area contributed by atoms with Crippen molar-refractivity contribution >= 4 is 0 Å². The summed E-state index contributed by atoms with van der Waals surface area (Å²) in [5.41, 5.74) is 3.61. The number of hydrogen-bond acceptors (Lipinski definition) is 2. The molecular weight excluding hydrogens is 241 g/mol. The van der Waals surface area contributed by atoms with Crippen molar-refractivity contribution < 1.29 is 9.50 Å². The largest absolute Gasteiger partial charge is 0.508 e. The van der Waals surface area contributed by atoms with E-state index in [1.807, 2.05) is 0 Å². The fourth-order valence-corrected chi connectivity index (χ4v) is 2.67. The molecule has 0 bridgehead atoms. The average Bonchev–Trinajstić information content (AvgIpc) is 2.34. The highest BCUT2D eigenvalue weighted by molar-refractivity contribution is 5.40. The summed E-state index contributed by atoms with van der Waals surface area (Å²) in [6.45, 7) is 1.46. The molecule has 0 aliphatic heterocycles.